The normalized spacial score (nSPS) is 12.0. The molecule has 0 saturated heterocycles. The van der Waals surface area contributed by atoms with Gasteiger partial charge in [0.25, 0.3) is 5.91 Å². The number of pyridine rings is 1. The lowest BCUT2D eigenvalue weighted by molar-refractivity contribution is -0.143. The third-order valence-electron chi connectivity index (χ3n) is 4.58. The minimum absolute atomic E-state index is 0.0117. The van der Waals surface area contributed by atoms with Crippen molar-refractivity contribution in [3.05, 3.63) is 89.0 Å². The summed E-state index contributed by atoms with van der Waals surface area (Å²) in [5.41, 5.74) is -2.70. The van der Waals surface area contributed by atoms with Crippen LogP contribution in [0.5, 0.6) is 0 Å². The molecular weight excluding hydrogens is 441 g/mol. The van der Waals surface area contributed by atoms with Crippen molar-refractivity contribution >= 4 is 5.91 Å². The molecule has 3 nitrogen and oxygen atoms in total. The molecule has 0 saturated carbocycles. The summed E-state index contributed by atoms with van der Waals surface area (Å²) in [6.07, 6.45) is -7.63. The average molecular weight is 456 g/mol. The lowest BCUT2D eigenvalue weighted by Crippen LogP contribution is -2.26. The second-order valence-corrected chi connectivity index (χ2v) is 6.82. The van der Waals surface area contributed by atoms with Crippen molar-refractivity contribution in [2.24, 2.45) is 0 Å². The fourth-order valence-corrected chi connectivity index (χ4v) is 3.07. The number of amides is 1. The number of hydrogen-bond acceptors (Lipinski definition) is 2. The maximum absolute atomic E-state index is 14.1. The summed E-state index contributed by atoms with van der Waals surface area (Å²) in [6, 6.07) is 8.41. The summed E-state index contributed by atoms with van der Waals surface area (Å²) in [6.45, 7) is -0.247. The van der Waals surface area contributed by atoms with Crippen molar-refractivity contribution in [2.45, 2.75) is 18.8 Å². The topological polar surface area (TPSA) is 42.0 Å². The van der Waals surface area contributed by atoms with Crippen LogP contribution in [0.15, 0.2) is 60.9 Å². The van der Waals surface area contributed by atoms with Crippen LogP contribution in [-0.4, -0.2) is 17.4 Å². The Balaban J connectivity index is 1.78. The van der Waals surface area contributed by atoms with Crippen molar-refractivity contribution in [2.75, 3.05) is 6.54 Å². The van der Waals surface area contributed by atoms with Gasteiger partial charge in [0.2, 0.25) is 0 Å². The molecule has 0 aliphatic heterocycles. The van der Waals surface area contributed by atoms with Gasteiger partial charge in [0, 0.05) is 30.1 Å². The fraction of sp³-hybridized carbons (Fsp3) is 0.182. The van der Waals surface area contributed by atoms with Gasteiger partial charge < -0.3 is 5.32 Å². The number of halogens is 7. The van der Waals surface area contributed by atoms with Gasteiger partial charge in [0.05, 0.1) is 16.7 Å². The van der Waals surface area contributed by atoms with Crippen LogP contribution in [0, 0.1) is 5.82 Å². The zero-order valence-electron chi connectivity index (χ0n) is 16.2. The first-order chi connectivity index (χ1) is 15.0. The van der Waals surface area contributed by atoms with Gasteiger partial charge in [0.15, 0.2) is 0 Å². The van der Waals surface area contributed by atoms with E-state index < -0.39 is 35.2 Å². The van der Waals surface area contributed by atoms with Gasteiger partial charge in [-0.3, -0.25) is 9.78 Å². The molecule has 168 valence electrons. The quantitative estimate of drug-likeness (QED) is 0.486. The Morgan fingerprint density at radius 1 is 0.875 bits per heavy atom. The highest BCUT2D eigenvalue weighted by atomic mass is 19.4. The maximum atomic E-state index is 14.1. The van der Waals surface area contributed by atoms with Crippen LogP contribution in [0.2, 0.25) is 0 Å². The number of nitrogens with zero attached hydrogens (tertiary/aromatic N) is 1. The van der Waals surface area contributed by atoms with Gasteiger partial charge in [0.1, 0.15) is 5.82 Å². The maximum Gasteiger partial charge on any atom is 0.416 e. The van der Waals surface area contributed by atoms with E-state index in [1.54, 1.807) is 6.07 Å². The third-order valence-corrected chi connectivity index (χ3v) is 4.58. The predicted molar refractivity (Wildman–Crippen MR) is 102 cm³/mol. The van der Waals surface area contributed by atoms with Crippen molar-refractivity contribution in [3.63, 3.8) is 0 Å². The molecule has 0 atom stereocenters. The largest absolute Gasteiger partial charge is 0.416 e. The Labute approximate surface area is 177 Å². The van der Waals surface area contributed by atoms with E-state index in [1.165, 1.54) is 36.7 Å². The van der Waals surface area contributed by atoms with Gasteiger partial charge in [-0.05, 0) is 42.3 Å². The number of alkyl halides is 6. The summed E-state index contributed by atoms with van der Waals surface area (Å²) < 4.78 is 92.0. The van der Waals surface area contributed by atoms with Gasteiger partial charge in [-0.25, -0.2) is 4.39 Å². The van der Waals surface area contributed by atoms with E-state index in [0.717, 1.165) is 0 Å². The molecule has 32 heavy (non-hydrogen) atoms. The van der Waals surface area contributed by atoms with Crippen LogP contribution in [0.3, 0.4) is 0 Å². The highest BCUT2D eigenvalue weighted by Gasteiger charge is 2.36. The molecule has 1 amide bonds. The highest BCUT2D eigenvalue weighted by Crippen LogP contribution is 2.36. The minimum atomic E-state index is -4.95. The third kappa shape index (κ3) is 5.43. The van der Waals surface area contributed by atoms with E-state index in [2.05, 4.69) is 10.3 Å². The molecule has 3 rings (SSSR count). The second-order valence-electron chi connectivity index (χ2n) is 6.82. The van der Waals surface area contributed by atoms with Crippen molar-refractivity contribution in [3.8, 4) is 11.1 Å². The van der Waals surface area contributed by atoms with E-state index in [4.69, 9.17) is 0 Å². The molecule has 0 aliphatic carbocycles. The molecule has 1 aromatic heterocycles. The summed E-state index contributed by atoms with van der Waals surface area (Å²) in [4.78, 5) is 16.4. The van der Waals surface area contributed by atoms with Crippen molar-refractivity contribution in [1.82, 2.24) is 10.3 Å². The number of aromatic nitrogens is 1. The van der Waals surface area contributed by atoms with Crippen molar-refractivity contribution < 1.29 is 35.5 Å². The van der Waals surface area contributed by atoms with E-state index in [9.17, 15) is 35.5 Å². The molecule has 0 fully saturated rings. The average Bonchev–Trinajstić information content (AvgIpc) is 2.72. The van der Waals surface area contributed by atoms with Crippen LogP contribution >= 0.6 is 0 Å². The van der Waals surface area contributed by atoms with Gasteiger partial charge >= 0.3 is 12.4 Å². The molecule has 3 aromatic rings. The highest BCUT2D eigenvalue weighted by molar-refractivity contribution is 6.00. The number of carbonyl (C=O) groups excluding carboxylic acids is 1. The van der Waals surface area contributed by atoms with Gasteiger partial charge in [-0.15, -0.1) is 0 Å². The minimum Gasteiger partial charge on any atom is -0.352 e. The van der Waals surface area contributed by atoms with Gasteiger partial charge in [-0.1, -0.05) is 18.2 Å². The summed E-state index contributed by atoms with van der Waals surface area (Å²) in [5.74, 6) is -1.27. The monoisotopic (exact) mass is 456 g/mol. The lowest BCUT2D eigenvalue weighted by atomic mass is 10.0. The predicted octanol–water partition coefficient (Wildman–Crippen LogP) is 5.90. The second kappa shape index (κ2) is 8.97. The first-order valence-corrected chi connectivity index (χ1v) is 9.22. The molecule has 1 heterocycles. The van der Waals surface area contributed by atoms with Crippen LogP contribution in [0.1, 0.15) is 27.0 Å². The van der Waals surface area contributed by atoms with E-state index in [1.807, 2.05) is 0 Å². The van der Waals surface area contributed by atoms with E-state index in [0.29, 0.717) is 12.1 Å². The molecule has 0 spiro atoms. The SMILES string of the molecule is O=C(NCCc1cc(C(F)(F)F)cc(C(F)(F)F)c1)c1cnccc1-c1ccccc1F. The van der Waals surface area contributed by atoms with Crippen LogP contribution in [0.25, 0.3) is 11.1 Å². The molecule has 2 aromatic carbocycles. The van der Waals surface area contributed by atoms with Crippen LogP contribution in [-0.2, 0) is 18.8 Å². The summed E-state index contributed by atoms with van der Waals surface area (Å²) in [7, 11) is 0. The van der Waals surface area contributed by atoms with Gasteiger partial charge in [-0.2, -0.15) is 26.3 Å². The number of carbonyl (C=O) groups is 1. The lowest BCUT2D eigenvalue weighted by Gasteiger charge is -2.15. The van der Waals surface area contributed by atoms with Crippen molar-refractivity contribution in [1.29, 1.82) is 0 Å². The zero-order chi connectivity index (χ0) is 23.5. The Bertz CT molecular complexity index is 1090. The smallest absolute Gasteiger partial charge is 0.352 e. The first-order valence-electron chi connectivity index (χ1n) is 9.22. The molecule has 0 aliphatic rings. The number of benzene rings is 2. The number of rotatable bonds is 5. The standard InChI is InChI=1S/C22H15F7N2O/c23-19-4-2-1-3-17(19)16-6-7-30-12-18(16)20(32)31-8-5-13-9-14(21(24,25)26)11-15(10-13)22(27,28)29/h1-4,6-7,9-12H,5,8H2,(H,31,32). The molecule has 0 unspecified atom stereocenters. The Hall–Kier alpha value is -3.43. The number of hydrogen-bond donors (Lipinski definition) is 1. The fourth-order valence-electron chi connectivity index (χ4n) is 3.07. The van der Waals surface area contributed by atoms with Crippen LogP contribution in [0.4, 0.5) is 30.7 Å². The number of nitrogens with one attached hydrogen (secondary N) is 1. The Kier molecular flexibility index (Phi) is 6.52. The molecule has 0 radical (unpaired) electrons. The molecule has 1 N–H and O–H groups in total. The zero-order valence-corrected chi connectivity index (χ0v) is 16.2. The summed E-state index contributed by atoms with van der Waals surface area (Å²) in [5, 5.41) is 2.43. The van der Waals surface area contributed by atoms with E-state index in [-0.39, 0.29) is 41.3 Å². The van der Waals surface area contributed by atoms with Crippen LogP contribution < -0.4 is 5.32 Å². The molecular formula is C22H15F7N2O. The first kappa shape index (κ1) is 23.2. The summed E-state index contributed by atoms with van der Waals surface area (Å²) >= 11 is 0. The Morgan fingerprint density at radius 2 is 1.50 bits per heavy atom. The van der Waals surface area contributed by atoms with E-state index >= 15 is 0 Å². The molecule has 0 bridgehead atoms. The Morgan fingerprint density at radius 3 is 2.09 bits per heavy atom. The molecule has 10 heteroatoms.